The van der Waals surface area contributed by atoms with Crippen LogP contribution in [0.3, 0.4) is 0 Å². The lowest BCUT2D eigenvalue weighted by molar-refractivity contribution is -0.141. The minimum atomic E-state index is -4.28. The predicted octanol–water partition coefficient (Wildman–Crippen LogP) is 6.47. The highest BCUT2D eigenvalue weighted by molar-refractivity contribution is 7.90. The third-order valence-electron chi connectivity index (χ3n) is 12.2. The summed E-state index contributed by atoms with van der Waals surface area (Å²) in [4.78, 5) is 68.0. The van der Waals surface area contributed by atoms with Gasteiger partial charge in [-0.05, 0) is 89.5 Å². The number of aromatic nitrogens is 2. The molecule has 16 nitrogen and oxygen atoms in total. The minimum Gasteiger partial charge on any atom is -0.497 e. The summed E-state index contributed by atoms with van der Waals surface area (Å²) in [6, 6.07) is 12.8. The molecule has 2 aliphatic carbocycles. The van der Waals surface area contributed by atoms with Crippen molar-refractivity contribution in [3.8, 4) is 22.9 Å². The molecule has 8 rings (SSSR count). The summed E-state index contributed by atoms with van der Waals surface area (Å²) in [5, 5.41) is 12.4. The van der Waals surface area contributed by atoms with Crippen LogP contribution in [0.2, 0.25) is 0 Å². The lowest BCUT2D eigenvalue weighted by atomic mass is 10.0. The van der Waals surface area contributed by atoms with Gasteiger partial charge in [-0.3, -0.25) is 14.4 Å². The van der Waals surface area contributed by atoms with E-state index >= 15 is 0 Å². The molecule has 3 fully saturated rings. The number of carbonyl (C=O) groups is 4. The van der Waals surface area contributed by atoms with Crippen molar-refractivity contribution in [2.24, 2.45) is 5.92 Å². The van der Waals surface area contributed by atoms with E-state index in [0.29, 0.717) is 53.1 Å². The number of methoxy groups -OCH3 is 1. The van der Waals surface area contributed by atoms with Crippen molar-refractivity contribution in [1.29, 1.82) is 0 Å². The van der Waals surface area contributed by atoms with Gasteiger partial charge in [0.05, 0.1) is 29.8 Å². The zero-order valence-electron chi connectivity index (χ0n) is 36.2. The van der Waals surface area contributed by atoms with Gasteiger partial charge in [-0.2, -0.15) is 0 Å². The number of hydrogen-bond donors (Lipinski definition) is 4. The minimum absolute atomic E-state index is 0.0196. The molecule has 340 valence electrons. The largest absolute Gasteiger partial charge is 0.497 e. The average molecular weight is 914 g/mol. The SMILES string of the molecule is COc1ccc2c(O[C@@H]3C[C@H]4C(=O)N[C@]5(C(=O)NS(=O)(=O)c6ccccc6)CC5C=CCCCCC[C@H](NC(=O)OC5CCCC5)C(=O)N4C3)cc(-c3csc(NC(C)C)n3)nc2c1. The summed E-state index contributed by atoms with van der Waals surface area (Å²) >= 11 is 1.45. The fourth-order valence-corrected chi connectivity index (χ4v) is 10.7. The number of rotatable bonds is 11. The van der Waals surface area contributed by atoms with Gasteiger partial charge in [-0.25, -0.2) is 27.9 Å². The van der Waals surface area contributed by atoms with Crippen LogP contribution >= 0.6 is 11.3 Å². The number of allylic oxidation sites excluding steroid dienone is 1. The van der Waals surface area contributed by atoms with Crippen LogP contribution < -0.4 is 30.1 Å². The molecule has 4 N–H and O–H groups in total. The van der Waals surface area contributed by atoms with Crippen molar-refractivity contribution < 1.29 is 41.8 Å². The van der Waals surface area contributed by atoms with Crippen molar-refractivity contribution in [3.63, 3.8) is 0 Å². The van der Waals surface area contributed by atoms with E-state index in [0.717, 1.165) is 43.7 Å². The number of thiazole rings is 1. The first-order valence-electron chi connectivity index (χ1n) is 22.1. The fraction of sp³-hybridized carbons (Fsp3) is 0.478. The van der Waals surface area contributed by atoms with Gasteiger partial charge >= 0.3 is 6.09 Å². The van der Waals surface area contributed by atoms with E-state index < -0.39 is 63.5 Å². The lowest BCUT2D eigenvalue weighted by Gasteiger charge is -2.30. The van der Waals surface area contributed by atoms with Gasteiger partial charge in [0.25, 0.3) is 15.9 Å². The fourth-order valence-electron chi connectivity index (χ4n) is 8.79. The summed E-state index contributed by atoms with van der Waals surface area (Å²) in [7, 11) is -2.71. The van der Waals surface area contributed by atoms with Gasteiger partial charge in [0.2, 0.25) is 11.8 Å². The normalized spacial score (nSPS) is 24.2. The molecule has 4 amide bonds. The van der Waals surface area contributed by atoms with Crippen LogP contribution in [0, 0.1) is 5.92 Å². The summed E-state index contributed by atoms with van der Waals surface area (Å²) in [6.07, 6.45) is 8.88. The third-order valence-corrected chi connectivity index (χ3v) is 14.4. The molecule has 64 heavy (non-hydrogen) atoms. The number of amides is 4. The van der Waals surface area contributed by atoms with E-state index in [2.05, 4.69) is 20.7 Å². The summed E-state index contributed by atoms with van der Waals surface area (Å²) in [5.41, 5.74) is 0.150. The van der Waals surface area contributed by atoms with Gasteiger partial charge in [0.15, 0.2) is 5.13 Å². The Bertz CT molecular complexity index is 2510. The number of hydrogen-bond acceptors (Lipinski definition) is 13. The third kappa shape index (κ3) is 10.1. The number of nitrogens with zero attached hydrogens (tertiary/aromatic N) is 3. The second-order valence-corrected chi connectivity index (χ2v) is 19.8. The quantitative estimate of drug-likeness (QED) is 0.119. The van der Waals surface area contributed by atoms with Crippen LogP contribution in [0.25, 0.3) is 22.3 Å². The van der Waals surface area contributed by atoms with E-state index in [-0.39, 0.29) is 36.4 Å². The van der Waals surface area contributed by atoms with Crippen LogP contribution in [-0.4, -0.2) is 96.6 Å². The van der Waals surface area contributed by atoms with Crippen LogP contribution in [0.4, 0.5) is 9.93 Å². The molecular formula is C46H55N7O9S2. The van der Waals surface area contributed by atoms with E-state index in [1.165, 1.54) is 28.4 Å². The van der Waals surface area contributed by atoms with Crippen molar-refractivity contribution >= 4 is 61.2 Å². The highest BCUT2D eigenvalue weighted by Crippen LogP contribution is 2.46. The maximum absolute atomic E-state index is 14.8. The Hall–Kier alpha value is -5.75. The van der Waals surface area contributed by atoms with Crippen LogP contribution in [0.15, 0.2) is 77.0 Å². The highest BCUT2D eigenvalue weighted by atomic mass is 32.2. The standard InChI is InChI=1S/C46H55N7O9S2/c1-28(2)47-44-49-38(27-63-44)37-24-40(34-21-20-31(60-3)22-36(34)48-37)61-32-23-39-41(54)51-46(43(56)52-64(58,59)33-17-9-7-10-18-33)25-29(46)14-8-5-4-6-11-19-35(42(55)53(39)26-32)50-45(57)62-30-15-12-13-16-30/h7-10,14,17-18,20-22,24,27-30,32,35,39H,4-6,11-13,15-16,19,23,25-26H2,1-3H3,(H,47,49)(H,50,57)(H,51,54)(H,52,56)/t29?,32-,35+,39+,46-/m1/s1. The van der Waals surface area contributed by atoms with Crippen LogP contribution in [0.1, 0.15) is 84.5 Å². The topological polar surface area (TPSA) is 207 Å². The summed E-state index contributed by atoms with van der Waals surface area (Å²) < 4.78 is 47.0. The van der Waals surface area contributed by atoms with E-state index in [1.807, 2.05) is 37.4 Å². The van der Waals surface area contributed by atoms with Crippen molar-refractivity contribution in [2.75, 3.05) is 19.0 Å². The molecule has 18 heteroatoms. The number of nitrogens with one attached hydrogen (secondary N) is 4. The Morgan fingerprint density at radius 2 is 1.73 bits per heavy atom. The molecule has 5 atom stereocenters. The number of alkyl carbamates (subject to hydrolysis) is 1. The van der Waals surface area contributed by atoms with Crippen molar-refractivity contribution in [1.82, 2.24) is 30.2 Å². The highest BCUT2D eigenvalue weighted by Gasteiger charge is 2.61. The Kier molecular flexibility index (Phi) is 13.4. The average Bonchev–Trinajstić information content (AvgIpc) is 3.70. The summed E-state index contributed by atoms with van der Waals surface area (Å²) in [6.45, 7) is 4.02. The van der Waals surface area contributed by atoms with Crippen molar-refractivity contribution in [3.05, 3.63) is 72.1 Å². The van der Waals surface area contributed by atoms with Gasteiger partial charge in [0.1, 0.15) is 47.0 Å². The number of ether oxygens (including phenoxy) is 3. The number of carbonyl (C=O) groups excluding carboxylic acids is 4. The van der Waals surface area contributed by atoms with E-state index in [1.54, 1.807) is 43.5 Å². The first kappa shape index (κ1) is 44.8. The Morgan fingerprint density at radius 3 is 2.50 bits per heavy atom. The Balaban J connectivity index is 1.12. The summed E-state index contributed by atoms with van der Waals surface area (Å²) in [5.74, 6) is -1.48. The molecule has 1 saturated heterocycles. The lowest BCUT2D eigenvalue weighted by Crippen LogP contribution is -2.58. The Morgan fingerprint density at radius 1 is 0.953 bits per heavy atom. The predicted molar refractivity (Wildman–Crippen MR) is 241 cm³/mol. The second kappa shape index (κ2) is 19.2. The second-order valence-electron chi connectivity index (χ2n) is 17.3. The number of anilines is 1. The number of fused-ring (bicyclic) bond motifs is 3. The molecule has 0 radical (unpaired) electrons. The molecule has 0 bridgehead atoms. The molecule has 4 aliphatic rings. The Labute approximate surface area is 377 Å². The molecule has 1 unspecified atom stereocenters. The zero-order chi connectivity index (χ0) is 45.0. The molecule has 2 aliphatic heterocycles. The number of benzene rings is 2. The van der Waals surface area contributed by atoms with Crippen molar-refractivity contribution in [2.45, 2.75) is 125 Å². The first-order valence-corrected chi connectivity index (χ1v) is 24.4. The van der Waals surface area contributed by atoms with Crippen LogP contribution in [0.5, 0.6) is 11.5 Å². The van der Waals surface area contributed by atoms with E-state index in [4.69, 9.17) is 24.2 Å². The van der Waals surface area contributed by atoms with E-state index in [9.17, 15) is 27.6 Å². The molecule has 0 spiro atoms. The first-order chi connectivity index (χ1) is 30.8. The van der Waals surface area contributed by atoms with Gasteiger partial charge in [0, 0.05) is 41.3 Å². The number of sulfonamides is 1. The van der Waals surface area contributed by atoms with Gasteiger partial charge in [-0.15, -0.1) is 11.3 Å². The molecule has 4 heterocycles. The number of pyridine rings is 1. The maximum atomic E-state index is 14.8. The molecular weight excluding hydrogens is 859 g/mol. The monoisotopic (exact) mass is 913 g/mol. The molecule has 2 aromatic heterocycles. The smallest absolute Gasteiger partial charge is 0.408 e. The molecule has 2 saturated carbocycles. The van der Waals surface area contributed by atoms with Crippen LogP contribution in [-0.2, 0) is 29.1 Å². The molecule has 2 aromatic carbocycles. The maximum Gasteiger partial charge on any atom is 0.408 e. The van der Waals surface area contributed by atoms with Gasteiger partial charge in [-0.1, -0.05) is 43.2 Å². The zero-order valence-corrected chi connectivity index (χ0v) is 37.8. The molecule has 4 aromatic rings. The van der Waals surface area contributed by atoms with Gasteiger partial charge < -0.3 is 35.1 Å².